The molecule has 90 valence electrons. The Balaban J connectivity index is 1.96. The van der Waals surface area contributed by atoms with Crippen LogP contribution in [0.4, 0.5) is 0 Å². The van der Waals surface area contributed by atoms with Gasteiger partial charge in [0.2, 0.25) is 0 Å². The van der Waals surface area contributed by atoms with Crippen LogP contribution in [0.15, 0.2) is 16.9 Å². The number of amides is 1. The number of carboxylic acids is 1. The van der Waals surface area contributed by atoms with E-state index in [-0.39, 0.29) is 12.2 Å². The summed E-state index contributed by atoms with van der Waals surface area (Å²) in [6.45, 7) is 0.0853. The molecule has 1 fully saturated rings. The summed E-state index contributed by atoms with van der Waals surface area (Å²) < 4.78 is 0. The molecule has 17 heavy (non-hydrogen) atoms. The average Bonchev–Trinajstić information content (AvgIpc) is 3.08. The fourth-order valence-electron chi connectivity index (χ4n) is 1.43. The molecule has 0 saturated heterocycles. The standard InChI is InChI=1S/C10H11N3O4/c14-7-2-1-6(12-13-7)8(15)11-5-10(3-4-10)9(16)17/h1-2H,3-5H2,(H,11,15)(H,13,14)(H,16,17). The maximum absolute atomic E-state index is 11.6. The van der Waals surface area contributed by atoms with Crippen molar-refractivity contribution < 1.29 is 14.7 Å². The minimum atomic E-state index is -0.896. The molecular weight excluding hydrogens is 226 g/mol. The summed E-state index contributed by atoms with van der Waals surface area (Å²) in [4.78, 5) is 33.2. The van der Waals surface area contributed by atoms with Crippen molar-refractivity contribution in [3.63, 3.8) is 0 Å². The topological polar surface area (TPSA) is 112 Å². The number of carboxylic acid groups (broad SMARTS) is 1. The SMILES string of the molecule is O=C(NCC1(C(=O)O)CC1)c1ccc(=O)[nH]n1. The van der Waals surface area contributed by atoms with Crippen molar-refractivity contribution in [1.29, 1.82) is 0 Å². The van der Waals surface area contributed by atoms with Gasteiger partial charge < -0.3 is 10.4 Å². The number of rotatable bonds is 4. The summed E-state index contributed by atoms with van der Waals surface area (Å²) >= 11 is 0. The molecule has 0 aromatic carbocycles. The zero-order chi connectivity index (χ0) is 12.5. The predicted octanol–water partition coefficient (Wildman–Crippen LogP) is -0.636. The van der Waals surface area contributed by atoms with Crippen LogP contribution in [0.2, 0.25) is 0 Å². The summed E-state index contributed by atoms with van der Waals surface area (Å²) in [5.74, 6) is -1.39. The lowest BCUT2D eigenvalue weighted by Crippen LogP contribution is -2.35. The smallest absolute Gasteiger partial charge is 0.311 e. The molecule has 0 unspecified atom stereocenters. The van der Waals surface area contributed by atoms with Gasteiger partial charge in [0, 0.05) is 12.6 Å². The number of hydrogen-bond acceptors (Lipinski definition) is 4. The van der Waals surface area contributed by atoms with Gasteiger partial charge in [-0.1, -0.05) is 0 Å². The molecule has 7 heteroatoms. The van der Waals surface area contributed by atoms with Crippen LogP contribution in [-0.2, 0) is 4.79 Å². The van der Waals surface area contributed by atoms with Gasteiger partial charge >= 0.3 is 5.97 Å². The molecule has 0 spiro atoms. The Morgan fingerprint density at radius 1 is 1.47 bits per heavy atom. The lowest BCUT2D eigenvalue weighted by Gasteiger charge is -2.10. The van der Waals surface area contributed by atoms with Crippen LogP contribution in [0.3, 0.4) is 0 Å². The minimum absolute atomic E-state index is 0.0609. The molecule has 0 bridgehead atoms. The van der Waals surface area contributed by atoms with Gasteiger partial charge in [-0.3, -0.25) is 14.4 Å². The lowest BCUT2D eigenvalue weighted by molar-refractivity contribution is -0.143. The Morgan fingerprint density at radius 3 is 2.65 bits per heavy atom. The van der Waals surface area contributed by atoms with Gasteiger partial charge in [-0.25, -0.2) is 5.10 Å². The number of nitrogens with zero attached hydrogens (tertiary/aromatic N) is 1. The van der Waals surface area contributed by atoms with E-state index in [1.165, 1.54) is 12.1 Å². The van der Waals surface area contributed by atoms with Crippen molar-refractivity contribution in [2.45, 2.75) is 12.8 Å². The van der Waals surface area contributed by atoms with Gasteiger partial charge in [0.25, 0.3) is 11.5 Å². The molecular formula is C10H11N3O4. The highest BCUT2D eigenvalue weighted by Gasteiger charge is 2.50. The van der Waals surface area contributed by atoms with Crippen molar-refractivity contribution in [3.8, 4) is 0 Å². The summed E-state index contributed by atoms with van der Waals surface area (Å²) in [5.41, 5.74) is -1.14. The summed E-state index contributed by atoms with van der Waals surface area (Å²) in [7, 11) is 0. The minimum Gasteiger partial charge on any atom is -0.481 e. The molecule has 1 aliphatic rings. The highest BCUT2D eigenvalue weighted by Crippen LogP contribution is 2.45. The summed E-state index contributed by atoms with van der Waals surface area (Å²) in [5, 5.41) is 17.1. The second kappa shape index (κ2) is 4.00. The number of aliphatic carboxylic acids is 1. The third-order valence-corrected chi connectivity index (χ3v) is 2.81. The number of nitrogens with one attached hydrogen (secondary N) is 2. The molecule has 1 amide bonds. The molecule has 1 heterocycles. The Bertz CT molecular complexity index is 498. The van der Waals surface area contributed by atoms with Gasteiger partial charge in [-0.15, -0.1) is 0 Å². The molecule has 7 nitrogen and oxygen atoms in total. The quantitative estimate of drug-likeness (QED) is 0.645. The zero-order valence-electron chi connectivity index (χ0n) is 8.90. The molecule has 1 aliphatic carbocycles. The number of carbonyl (C=O) groups is 2. The molecule has 0 atom stereocenters. The first kappa shape index (κ1) is 11.3. The van der Waals surface area contributed by atoms with E-state index in [0.29, 0.717) is 12.8 Å². The van der Waals surface area contributed by atoms with E-state index in [2.05, 4.69) is 15.5 Å². The highest BCUT2D eigenvalue weighted by atomic mass is 16.4. The number of H-pyrrole nitrogens is 1. The summed E-state index contributed by atoms with van der Waals surface area (Å²) in [6, 6.07) is 2.47. The van der Waals surface area contributed by atoms with E-state index >= 15 is 0 Å². The van der Waals surface area contributed by atoms with E-state index in [0.717, 1.165) is 0 Å². The molecule has 1 aromatic rings. The van der Waals surface area contributed by atoms with Gasteiger partial charge in [-0.2, -0.15) is 5.10 Å². The van der Waals surface area contributed by atoms with E-state index in [4.69, 9.17) is 5.11 Å². The molecule has 1 saturated carbocycles. The second-order valence-electron chi connectivity index (χ2n) is 4.07. The van der Waals surface area contributed by atoms with E-state index < -0.39 is 22.9 Å². The Kier molecular flexibility index (Phi) is 2.66. The number of carbonyl (C=O) groups excluding carboxylic acids is 1. The van der Waals surface area contributed by atoms with E-state index in [9.17, 15) is 14.4 Å². The Morgan fingerprint density at radius 2 is 2.18 bits per heavy atom. The van der Waals surface area contributed by atoms with Crippen LogP contribution in [0.1, 0.15) is 23.3 Å². The Labute approximate surface area is 95.9 Å². The highest BCUT2D eigenvalue weighted by molar-refractivity contribution is 5.92. The van der Waals surface area contributed by atoms with Crippen LogP contribution in [0.5, 0.6) is 0 Å². The van der Waals surface area contributed by atoms with Crippen LogP contribution < -0.4 is 10.9 Å². The maximum atomic E-state index is 11.6. The average molecular weight is 237 g/mol. The zero-order valence-corrected chi connectivity index (χ0v) is 8.90. The van der Waals surface area contributed by atoms with Gasteiger partial charge in [-0.05, 0) is 18.9 Å². The molecule has 1 aromatic heterocycles. The first-order valence-electron chi connectivity index (χ1n) is 5.11. The molecule has 3 N–H and O–H groups in total. The van der Waals surface area contributed by atoms with Crippen LogP contribution >= 0.6 is 0 Å². The van der Waals surface area contributed by atoms with Crippen molar-refractivity contribution >= 4 is 11.9 Å². The van der Waals surface area contributed by atoms with Crippen LogP contribution in [0, 0.1) is 5.41 Å². The first-order chi connectivity index (χ1) is 8.03. The number of hydrogen-bond donors (Lipinski definition) is 3. The molecule has 2 rings (SSSR count). The third kappa shape index (κ3) is 2.32. The third-order valence-electron chi connectivity index (χ3n) is 2.81. The van der Waals surface area contributed by atoms with Crippen molar-refractivity contribution in [3.05, 3.63) is 28.2 Å². The van der Waals surface area contributed by atoms with Crippen LogP contribution in [-0.4, -0.2) is 33.7 Å². The fraction of sp³-hybridized carbons (Fsp3) is 0.400. The molecule has 0 aliphatic heterocycles. The largest absolute Gasteiger partial charge is 0.481 e. The van der Waals surface area contributed by atoms with E-state index in [1.807, 2.05) is 0 Å². The van der Waals surface area contributed by atoms with Gasteiger partial charge in [0.1, 0.15) is 5.69 Å². The number of aromatic nitrogens is 2. The normalized spacial score (nSPS) is 16.2. The fourth-order valence-corrected chi connectivity index (χ4v) is 1.43. The summed E-state index contributed by atoms with van der Waals surface area (Å²) in [6.07, 6.45) is 1.14. The van der Waals surface area contributed by atoms with Crippen molar-refractivity contribution in [2.75, 3.05) is 6.54 Å². The monoisotopic (exact) mass is 237 g/mol. The molecule has 0 radical (unpaired) electrons. The van der Waals surface area contributed by atoms with E-state index in [1.54, 1.807) is 0 Å². The van der Waals surface area contributed by atoms with Crippen molar-refractivity contribution in [2.24, 2.45) is 5.41 Å². The lowest BCUT2D eigenvalue weighted by atomic mass is 10.1. The first-order valence-corrected chi connectivity index (χ1v) is 5.11. The van der Waals surface area contributed by atoms with Crippen molar-refractivity contribution in [1.82, 2.24) is 15.5 Å². The predicted molar refractivity (Wildman–Crippen MR) is 56.5 cm³/mol. The van der Waals surface area contributed by atoms with Crippen LogP contribution in [0.25, 0.3) is 0 Å². The second-order valence-corrected chi connectivity index (χ2v) is 4.07. The van der Waals surface area contributed by atoms with Gasteiger partial charge in [0.15, 0.2) is 0 Å². The maximum Gasteiger partial charge on any atom is 0.311 e. The number of aromatic amines is 1. The van der Waals surface area contributed by atoms with Gasteiger partial charge in [0.05, 0.1) is 5.41 Å². The Hall–Kier alpha value is -2.18.